The van der Waals surface area contributed by atoms with Crippen molar-refractivity contribution in [3.63, 3.8) is 0 Å². The topological polar surface area (TPSA) is 63.2 Å². The number of ether oxygens (including phenoxy) is 1. The average molecular weight is 336 g/mol. The summed E-state index contributed by atoms with van der Waals surface area (Å²) in [5, 5.41) is 12.0. The van der Waals surface area contributed by atoms with Crippen molar-refractivity contribution < 1.29 is 4.74 Å². The predicted octanol–water partition coefficient (Wildman–Crippen LogP) is 3.82. The second kappa shape index (κ2) is 7.97. The molecule has 0 unspecified atom stereocenters. The lowest BCUT2D eigenvalue weighted by molar-refractivity contribution is 0.416. The molecule has 0 aliphatic carbocycles. The summed E-state index contributed by atoms with van der Waals surface area (Å²) in [4.78, 5) is 6.49. The fraction of sp³-hybridized carbons (Fsp3) is 0.438. The molecule has 0 fully saturated rings. The summed E-state index contributed by atoms with van der Waals surface area (Å²) in [7, 11) is 3.57. The van der Waals surface area contributed by atoms with Gasteiger partial charge in [-0.1, -0.05) is 24.9 Å². The molecule has 0 amide bonds. The maximum Gasteiger partial charge on any atom is 0.247 e. The molecular weight excluding hydrogens is 314 g/mol. The number of aryl methyl sites for hydroxylation is 1. The molecule has 1 N–H and O–H groups in total. The number of anilines is 3. The number of aromatic nitrogens is 3. The first kappa shape index (κ1) is 17.3. The molecule has 23 heavy (non-hydrogen) atoms. The molecule has 2 rings (SSSR count). The van der Waals surface area contributed by atoms with Crippen LogP contribution in [0.5, 0.6) is 5.75 Å². The van der Waals surface area contributed by atoms with E-state index in [1.165, 1.54) is 0 Å². The minimum atomic E-state index is 0.591. The third kappa shape index (κ3) is 4.45. The quantitative estimate of drug-likeness (QED) is 0.829. The van der Waals surface area contributed by atoms with Gasteiger partial charge in [0.15, 0.2) is 5.82 Å². The van der Waals surface area contributed by atoms with Crippen LogP contribution in [0.4, 0.5) is 17.5 Å². The second-order valence-electron chi connectivity index (χ2n) is 5.34. The lowest BCUT2D eigenvalue weighted by Gasteiger charge is -2.17. The van der Waals surface area contributed by atoms with Crippen molar-refractivity contribution in [2.24, 2.45) is 0 Å². The zero-order chi connectivity index (χ0) is 16.8. The summed E-state index contributed by atoms with van der Waals surface area (Å²) in [5.41, 5.74) is 1.74. The van der Waals surface area contributed by atoms with Crippen LogP contribution >= 0.6 is 11.6 Å². The minimum Gasteiger partial charge on any atom is -0.495 e. The summed E-state index contributed by atoms with van der Waals surface area (Å²) >= 11 is 6.13. The first-order valence-corrected chi connectivity index (χ1v) is 7.95. The van der Waals surface area contributed by atoms with Crippen molar-refractivity contribution in [2.75, 3.05) is 30.9 Å². The molecule has 0 bridgehead atoms. The number of nitrogens with zero attached hydrogens (tertiary/aromatic N) is 4. The number of rotatable bonds is 7. The highest BCUT2D eigenvalue weighted by Gasteiger charge is 2.10. The van der Waals surface area contributed by atoms with Crippen LogP contribution in [0.25, 0.3) is 0 Å². The fourth-order valence-corrected chi connectivity index (χ4v) is 2.23. The number of methoxy groups -OCH3 is 1. The summed E-state index contributed by atoms with van der Waals surface area (Å²) in [6, 6.07) is 3.70. The Bertz CT molecular complexity index is 665. The molecule has 0 spiro atoms. The minimum absolute atomic E-state index is 0.591. The van der Waals surface area contributed by atoms with Gasteiger partial charge in [0, 0.05) is 24.7 Å². The van der Waals surface area contributed by atoms with Gasteiger partial charge in [-0.2, -0.15) is 10.1 Å². The Hall–Kier alpha value is -2.08. The van der Waals surface area contributed by atoms with Gasteiger partial charge in [0.05, 0.1) is 19.0 Å². The van der Waals surface area contributed by atoms with E-state index in [0.717, 1.165) is 30.6 Å². The molecule has 1 aromatic carbocycles. The molecule has 2 aromatic rings. The van der Waals surface area contributed by atoms with Crippen molar-refractivity contribution >= 4 is 29.1 Å². The van der Waals surface area contributed by atoms with Crippen LogP contribution in [0.3, 0.4) is 0 Å². The highest BCUT2D eigenvalue weighted by atomic mass is 35.5. The van der Waals surface area contributed by atoms with Gasteiger partial charge in [-0.05, 0) is 25.0 Å². The zero-order valence-corrected chi connectivity index (χ0v) is 14.7. The number of hydrogen-bond acceptors (Lipinski definition) is 6. The number of nitrogens with one attached hydrogen (secondary N) is 1. The number of benzene rings is 1. The van der Waals surface area contributed by atoms with Crippen LogP contribution in [0.15, 0.2) is 18.3 Å². The van der Waals surface area contributed by atoms with Gasteiger partial charge in [-0.25, -0.2) is 0 Å². The second-order valence-corrected chi connectivity index (χ2v) is 5.75. The van der Waals surface area contributed by atoms with E-state index in [9.17, 15) is 0 Å². The van der Waals surface area contributed by atoms with E-state index in [2.05, 4.69) is 27.4 Å². The van der Waals surface area contributed by atoms with E-state index in [1.807, 2.05) is 24.9 Å². The number of unbranched alkanes of at least 4 members (excludes halogenated alkanes) is 1. The summed E-state index contributed by atoms with van der Waals surface area (Å²) < 4.78 is 5.36. The van der Waals surface area contributed by atoms with Crippen LogP contribution in [0, 0.1) is 6.92 Å². The summed E-state index contributed by atoms with van der Waals surface area (Å²) in [6.45, 7) is 4.99. The van der Waals surface area contributed by atoms with E-state index >= 15 is 0 Å². The normalized spacial score (nSPS) is 10.5. The molecule has 0 radical (unpaired) electrons. The fourth-order valence-electron chi connectivity index (χ4n) is 2.08. The Morgan fingerprint density at radius 3 is 2.83 bits per heavy atom. The summed E-state index contributed by atoms with van der Waals surface area (Å²) in [5.74, 6) is 1.85. The van der Waals surface area contributed by atoms with Gasteiger partial charge in [0.1, 0.15) is 5.75 Å². The molecule has 0 atom stereocenters. The average Bonchev–Trinajstić information content (AvgIpc) is 2.56. The molecule has 0 saturated heterocycles. The lowest BCUT2D eigenvalue weighted by Crippen LogP contribution is -2.21. The van der Waals surface area contributed by atoms with E-state index in [0.29, 0.717) is 22.5 Å². The van der Waals surface area contributed by atoms with Gasteiger partial charge in [0.25, 0.3) is 0 Å². The maximum atomic E-state index is 6.13. The third-order valence-electron chi connectivity index (χ3n) is 3.48. The number of halogens is 1. The van der Waals surface area contributed by atoms with Gasteiger partial charge in [-0.3, -0.25) is 0 Å². The van der Waals surface area contributed by atoms with Crippen LogP contribution in [0.1, 0.15) is 25.3 Å². The highest BCUT2D eigenvalue weighted by Crippen LogP contribution is 2.32. The van der Waals surface area contributed by atoms with Gasteiger partial charge in [-0.15, -0.1) is 5.10 Å². The Kier molecular flexibility index (Phi) is 5.98. The molecule has 0 saturated carbocycles. The van der Waals surface area contributed by atoms with Gasteiger partial charge < -0.3 is 15.0 Å². The summed E-state index contributed by atoms with van der Waals surface area (Å²) in [6.07, 6.45) is 3.79. The molecule has 1 aromatic heterocycles. The van der Waals surface area contributed by atoms with E-state index in [1.54, 1.807) is 19.4 Å². The smallest absolute Gasteiger partial charge is 0.247 e. The van der Waals surface area contributed by atoms with E-state index < -0.39 is 0 Å². The first-order chi connectivity index (χ1) is 11.0. The number of hydrogen-bond donors (Lipinski definition) is 1. The van der Waals surface area contributed by atoms with Crippen LogP contribution in [-0.4, -0.2) is 35.9 Å². The van der Waals surface area contributed by atoms with Crippen molar-refractivity contribution in [1.82, 2.24) is 15.2 Å². The Morgan fingerprint density at radius 2 is 2.13 bits per heavy atom. The van der Waals surface area contributed by atoms with Crippen molar-refractivity contribution in [3.8, 4) is 5.75 Å². The lowest BCUT2D eigenvalue weighted by atomic mass is 10.2. The molecule has 1 heterocycles. The zero-order valence-electron chi connectivity index (χ0n) is 13.9. The molecule has 0 aliphatic heterocycles. The predicted molar refractivity (Wildman–Crippen MR) is 94.0 cm³/mol. The van der Waals surface area contributed by atoms with Gasteiger partial charge in [0.2, 0.25) is 5.95 Å². The SMILES string of the molecule is CCCCN(C)c1nncc(Nc2cc(C)c(Cl)cc2OC)n1. The van der Waals surface area contributed by atoms with E-state index in [4.69, 9.17) is 16.3 Å². The van der Waals surface area contributed by atoms with E-state index in [-0.39, 0.29) is 0 Å². The Morgan fingerprint density at radius 1 is 1.35 bits per heavy atom. The monoisotopic (exact) mass is 335 g/mol. The molecule has 0 aliphatic rings. The molecular formula is C16H22ClN5O. The van der Waals surface area contributed by atoms with Crippen LogP contribution < -0.4 is 15.0 Å². The van der Waals surface area contributed by atoms with Gasteiger partial charge >= 0.3 is 0 Å². The largest absolute Gasteiger partial charge is 0.495 e. The molecule has 124 valence electrons. The Labute approximate surface area is 141 Å². The highest BCUT2D eigenvalue weighted by molar-refractivity contribution is 6.31. The first-order valence-electron chi connectivity index (χ1n) is 7.57. The Balaban J connectivity index is 2.22. The molecule has 6 nitrogen and oxygen atoms in total. The third-order valence-corrected chi connectivity index (χ3v) is 3.89. The van der Waals surface area contributed by atoms with Crippen LogP contribution in [0.2, 0.25) is 5.02 Å². The maximum absolute atomic E-state index is 6.13. The van der Waals surface area contributed by atoms with Crippen molar-refractivity contribution in [1.29, 1.82) is 0 Å². The van der Waals surface area contributed by atoms with Crippen LogP contribution in [-0.2, 0) is 0 Å². The van der Waals surface area contributed by atoms with Crippen molar-refractivity contribution in [2.45, 2.75) is 26.7 Å². The standard InChI is InChI=1S/C16H22ClN5O/c1-5-6-7-22(3)16-20-15(10-18-21-16)19-13-8-11(2)12(17)9-14(13)23-4/h8-10H,5-7H2,1-4H3,(H,19,20,21). The molecule has 7 heteroatoms. The van der Waals surface area contributed by atoms with Crippen molar-refractivity contribution in [3.05, 3.63) is 28.9 Å².